The zero-order valence-electron chi connectivity index (χ0n) is 43.5. The van der Waals surface area contributed by atoms with E-state index in [1.807, 2.05) is 97.2 Å². The van der Waals surface area contributed by atoms with Gasteiger partial charge in [-0.1, -0.05) is 249 Å². The lowest BCUT2D eigenvalue weighted by Crippen LogP contribution is -2.30. The normalized spacial score (nSPS) is 13.5. The van der Waals surface area contributed by atoms with Gasteiger partial charge in [0.05, 0.1) is 0 Å². The van der Waals surface area contributed by atoms with E-state index in [1.165, 1.54) is 44.9 Å². The zero-order valence-corrected chi connectivity index (χ0v) is 43.5. The highest BCUT2D eigenvalue weighted by molar-refractivity contribution is 5.71. The Balaban J connectivity index is 4.65. The van der Waals surface area contributed by atoms with Crippen LogP contribution in [0.1, 0.15) is 188 Å². The topological polar surface area (TPSA) is 78.9 Å². The summed E-state index contributed by atoms with van der Waals surface area (Å²) in [5.41, 5.74) is 0. The van der Waals surface area contributed by atoms with Gasteiger partial charge in [-0.05, 0) is 89.9 Å². The molecule has 0 aromatic carbocycles. The number of allylic oxidation sites excluding steroid dienone is 28. The lowest BCUT2D eigenvalue weighted by Gasteiger charge is -2.18. The lowest BCUT2D eigenvalue weighted by atomic mass is 10.1. The first kappa shape index (κ1) is 63.8. The van der Waals surface area contributed by atoms with Crippen molar-refractivity contribution in [1.82, 2.24) is 0 Å². The quantitative estimate of drug-likeness (QED) is 0.0199. The van der Waals surface area contributed by atoms with Crippen LogP contribution in [0.3, 0.4) is 0 Å². The van der Waals surface area contributed by atoms with Crippen molar-refractivity contribution in [2.75, 3.05) is 13.2 Å². The van der Waals surface area contributed by atoms with E-state index in [0.29, 0.717) is 19.3 Å². The number of hydrogen-bond donors (Lipinski definition) is 0. The van der Waals surface area contributed by atoms with E-state index >= 15 is 0 Å². The van der Waals surface area contributed by atoms with E-state index in [0.717, 1.165) is 89.9 Å². The number of carbonyl (C=O) groups is 3. The molecule has 6 nitrogen and oxygen atoms in total. The average Bonchev–Trinajstić information content (AvgIpc) is 3.35. The molecule has 0 fully saturated rings. The van der Waals surface area contributed by atoms with Crippen molar-refractivity contribution in [3.05, 3.63) is 170 Å². The molecule has 1 unspecified atom stereocenters. The minimum Gasteiger partial charge on any atom is -0.462 e. The maximum atomic E-state index is 12.8. The standard InChI is InChI=1S/C63H94O6/c1-4-7-10-13-16-19-22-25-28-30-31-33-35-38-41-44-47-50-53-56-62(65)68-59-60(58-67-61(64)55-52-49-46-43-40-37-34-27-24-21-18-15-12-9-6-3)69-63(66)57-54-51-48-45-42-39-36-32-29-26-23-20-17-14-11-8-5-2/h7,9-10,12-13,15-16,18-19,21-22,24-31,33-36,38-39,41,45,48,60H,4-6,8,11,14,17,20,23,32,37,40,42-44,46-47,49-59H2,1-3H3/b10-7-,12-9-,16-13-,18-15-,22-19-,24-21-,28-25-,29-26-,31-30+,34-27-,35-33-,39-36-,41-38-,48-45-. The van der Waals surface area contributed by atoms with E-state index in [2.05, 4.69) is 93.7 Å². The third kappa shape index (κ3) is 53.6. The molecule has 0 rings (SSSR count). The molecule has 0 aliphatic rings. The molecule has 0 amide bonds. The van der Waals surface area contributed by atoms with Gasteiger partial charge in [-0.3, -0.25) is 14.4 Å². The van der Waals surface area contributed by atoms with E-state index < -0.39 is 12.1 Å². The second kappa shape index (κ2) is 55.4. The van der Waals surface area contributed by atoms with E-state index in [9.17, 15) is 14.4 Å². The molecule has 0 spiro atoms. The van der Waals surface area contributed by atoms with Crippen LogP contribution in [0.4, 0.5) is 0 Å². The zero-order chi connectivity index (χ0) is 50.0. The molecule has 69 heavy (non-hydrogen) atoms. The number of esters is 3. The Labute approximate surface area is 422 Å². The predicted molar refractivity (Wildman–Crippen MR) is 297 cm³/mol. The first-order chi connectivity index (χ1) is 34.0. The van der Waals surface area contributed by atoms with Gasteiger partial charge < -0.3 is 14.2 Å². The highest BCUT2D eigenvalue weighted by Crippen LogP contribution is 2.12. The molecule has 1 atom stereocenters. The fourth-order valence-electron chi connectivity index (χ4n) is 6.51. The molecule has 6 heteroatoms. The molecular weight excluding hydrogens is 853 g/mol. The van der Waals surface area contributed by atoms with Crippen LogP contribution in [0.2, 0.25) is 0 Å². The smallest absolute Gasteiger partial charge is 0.306 e. The van der Waals surface area contributed by atoms with E-state index in [1.54, 1.807) is 0 Å². The summed E-state index contributed by atoms with van der Waals surface area (Å²) in [6, 6.07) is 0. The van der Waals surface area contributed by atoms with Crippen LogP contribution >= 0.6 is 0 Å². The SMILES string of the molecule is CC\C=C/C=C\C=C/C=C\C=C\C=C/C=C\CCCCCC(=O)OCC(COC(=O)CCCCCCC\C=C/C=C\C=C/C=C\CC)OC(=O)CCC/C=C\C/C=C\C/C=C\CCCCCCCC. The van der Waals surface area contributed by atoms with Gasteiger partial charge in [0.1, 0.15) is 13.2 Å². The highest BCUT2D eigenvalue weighted by atomic mass is 16.6. The molecule has 0 heterocycles. The maximum absolute atomic E-state index is 12.8. The van der Waals surface area contributed by atoms with Gasteiger partial charge in [0.15, 0.2) is 6.10 Å². The fourth-order valence-corrected chi connectivity index (χ4v) is 6.51. The molecule has 0 aromatic heterocycles. The van der Waals surface area contributed by atoms with Crippen molar-refractivity contribution in [1.29, 1.82) is 0 Å². The molecule has 0 saturated heterocycles. The van der Waals surface area contributed by atoms with Crippen molar-refractivity contribution in [3.8, 4) is 0 Å². The molecule has 0 radical (unpaired) electrons. The maximum Gasteiger partial charge on any atom is 0.306 e. The number of carbonyl (C=O) groups excluding carboxylic acids is 3. The van der Waals surface area contributed by atoms with Gasteiger partial charge in [0.2, 0.25) is 0 Å². The monoisotopic (exact) mass is 947 g/mol. The minimum atomic E-state index is -0.843. The number of hydrogen-bond acceptors (Lipinski definition) is 6. The van der Waals surface area contributed by atoms with Crippen LogP contribution in [0.25, 0.3) is 0 Å². The summed E-state index contributed by atoms with van der Waals surface area (Å²) in [6.45, 7) is 6.21. The van der Waals surface area contributed by atoms with Crippen LogP contribution in [0.5, 0.6) is 0 Å². The third-order valence-electron chi connectivity index (χ3n) is 10.5. The van der Waals surface area contributed by atoms with Crippen molar-refractivity contribution in [2.24, 2.45) is 0 Å². The van der Waals surface area contributed by atoms with Crippen LogP contribution < -0.4 is 0 Å². The molecular formula is C63H94O6. The first-order valence-electron chi connectivity index (χ1n) is 26.8. The van der Waals surface area contributed by atoms with E-state index in [-0.39, 0.29) is 38.0 Å². The second-order valence-electron chi connectivity index (χ2n) is 16.9. The summed E-state index contributed by atoms with van der Waals surface area (Å²) in [6.07, 6.45) is 81.9. The van der Waals surface area contributed by atoms with E-state index in [4.69, 9.17) is 14.2 Å². The molecule has 0 aliphatic carbocycles. The van der Waals surface area contributed by atoms with Gasteiger partial charge in [-0.25, -0.2) is 0 Å². The van der Waals surface area contributed by atoms with Crippen LogP contribution in [-0.2, 0) is 28.6 Å². The van der Waals surface area contributed by atoms with Gasteiger partial charge >= 0.3 is 17.9 Å². The van der Waals surface area contributed by atoms with Crippen LogP contribution in [0, 0.1) is 0 Å². The predicted octanol–water partition coefficient (Wildman–Crippen LogP) is 18.0. The Bertz CT molecular complexity index is 1650. The van der Waals surface area contributed by atoms with Crippen molar-refractivity contribution in [2.45, 2.75) is 194 Å². The summed E-state index contributed by atoms with van der Waals surface area (Å²) in [5.74, 6) is -1.07. The fraction of sp³-hybridized carbons (Fsp3) is 0.508. The van der Waals surface area contributed by atoms with Gasteiger partial charge in [-0.2, -0.15) is 0 Å². The summed E-state index contributed by atoms with van der Waals surface area (Å²) < 4.78 is 16.7. The molecule has 0 aromatic rings. The second-order valence-corrected chi connectivity index (χ2v) is 16.9. The van der Waals surface area contributed by atoms with Gasteiger partial charge in [0.25, 0.3) is 0 Å². The largest absolute Gasteiger partial charge is 0.462 e. The average molecular weight is 947 g/mol. The van der Waals surface area contributed by atoms with Crippen LogP contribution in [0.15, 0.2) is 170 Å². The highest BCUT2D eigenvalue weighted by Gasteiger charge is 2.19. The Morgan fingerprint density at radius 2 is 0.638 bits per heavy atom. The lowest BCUT2D eigenvalue weighted by molar-refractivity contribution is -0.167. The number of ether oxygens (including phenoxy) is 3. The summed E-state index contributed by atoms with van der Waals surface area (Å²) >= 11 is 0. The first-order valence-corrected chi connectivity index (χ1v) is 26.8. The summed E-state index contributed by atoms with van der Waals surface area (Å²) in [7, 11) is 0. The van der Waals surface area contributed by atoms with Gasteiger partial charge in [-0.15, -0.1) is 0 Å². The Morgan fingerprint density at radius 3 is 1.07 bits per heavy atom. The molecule has 0 bridgehead atoms. The number of unbranched alkanes of at least 4 members (excludes halogenated alkanes) is 15. The molecule has 382 valence electrons. The number of rotatable bonds is 45. The Kier molecular flexibility index (Phi) is 51.2. The van der Waals surface area contributed by atoms with Crippen molar-refractivity contribution in [3.63, 3.8) is 0 Å². The summed E-state index contributed by atoms with van der Waals surface area (Å²) in [4.78, 5) is 38.1. The molecule has 0 N–H and O–H groups in total. The van der Waals surface area contributed by atoms with Crippen LogP contribution in [-0.4, -0.2) is 37.2 Å². The Hall–Kier alpha value is -5.23. The van der Waals surface area contributed by atoms with Crippen molar-refractivity contribution >= 4 is 17.9 Å². The summed E-state index contributed by atoms with van der Waals surface area (Å²) in [5, 5.41) is 0. The van der Waals surface area contributed by atoms with Crippen molar-refractivity contribution < 1.29 is 28.6 Å². The molecule has 0 saturated carbocycles. The van der Waals surface area contributed by atoms with Gasteiger partial charge in [0, 0.05) is 19.3 Å². The third-order valence-corrected chi connectivity index (χ3v) is 10.5. The molecule has 0 aliphatic heterocycles. The minimum absolute atomic E-state index is 0.135. The Morgan fingerprint density at radius 1 is 0.319 bits per heavy atom.